The van der Waals surface area contributed by atoms with E-state index < -0.39 is 20.0 Å². The summed E-state index contributed by atoms with van der Waals surface area (Å²) in [4.78, 5) is 23.3. The largest absolute Gasteiger partial charge is 0.472 e. The second-order valence-corrected chi connectivity index (χ2v) is 22.8. The Balaban J connectivity index is 4.29. The number of allylic oxidation sites excluding steroid dienone is 15. The van der Waals surface area contributed by atoms with Crippen LogP contribution in [0.4, 0.5) is 0 Å². The minimum atomic E-state index is -4.37. The molecule has 3 unspecified atom stereocenters. The maximum absolute atomic E-state index is 13.0. The number of nitrogens with zero attached hydrogens (tertiary/aromatic N) is 1. The van der Waals surface area contributed by atoms with Gasteiger partial charge in [-0.2, -0.15) is 0 Å². The van der Waals surface area contributed by atoms with E-state index in [0.717, 1.165) is 89.9 Å². The third-order valence-electron chi connectivity index (χ3n) is 13.1. The summed E-state index contributed by atoms with van der Waals surface area (Å²) in [6.07, 6.45) is 78.0. The highest BCUT2D eigenvalue weighted by Crippen LogP contribution is 2.43. The van der Waals surface area contributed by atoms with Crippen LogP contribution in [0.15, 0.2) is 97.2 Å². The van der Waals surface area contributed by atoms with Crippen LogP contribution in [0.3, 0.4) is 0 Å². The van der Waals surface area contributed by atoms with Gasteiger partial charge in [0.25, 0.3) is 0 Å². The van der Waals surface area contributed by atoms with E-state index >= 15 is 0 Å². The van der Waals surface area contributed by atoms with Crippen molar-refractivity contribution in [3.8, 4) is 0 Å². The minimum absolute atomic E-state index is 0.0496. The van der Waals surface area contributed by atoms with Crippen molar-refractivity contribution in [1.82, 2.24) is 5.32 Å². The van der Waals surface area contributed by atoms with E-state index in [-0.39, 0.29) is 19.1 Å². The van der Waals surface area contributed by atoms with Gasteiger partial charge in [-0.15, -0.1) is 0 Å². The molecule has 0 aromatic rings. The number of hydrogen-bond donors (Lipinski definition) is 3. The van der Waals surface area contributed by atoms with Crippen molar-refractivity contribution >= 4 is 13.7 Å². The predicted molar refractivity (Wildman–Crippen MR) is 318 cm³/mol. The highest BCUT2D eigenvalue weighted by molar-refractivity contribution is 7.47. The molecule has 0 saturated heterocycles. The Morgan fingerprint density at radius 1 is 0.479 bits per heavy atom. The van der Waals surface area contributed by atoms with Gasteiger partial charge >= 0.3 is 7.82 Å². The molecule has 0 aromatic heterocycles. The molecule has 9 heteroatoms. The van der Waals surface area contributed by atoms with Gasteiger partial charge in [-0.3, -0.25) is 13.8 Å². The Morgan fingerprint density at radius 3 is 1.21 bits per heavy atom. The lowest BCUT2D eigenvalue weighted by Crippen LogP contribution is -2.45. The minimum Gasteiger partial charge on any atom is -0.387 e. The van der Waals surface area contributed by atoms with Gasteiger partial charge in [0.1, 0.15) is 13.2 Å². The molecule has 3 N–H and O–H groups in total. The van der Waals surface area contributed by atoms with Crippen LogP contribution in [0.25, 0.3) is 0 Å². The number of aliphatic hydroxyl groups is 1. The molecule has 0 radical (unpaired) electrons. The number of phosphoric acid groups is 1. The second-order valence-electron chi connectivity index (χ2n) is 21.3. The number of likely N-dealkylation sites (N-methyl/N-ethyl adjacent to an activating group) is 1. The van der Waals surface area contributed by atoms with Gasteiger partial charge < -0.3 is 19.8 Å². The van der Waals surface area contributed by atoms with E-state index in [1.807, 2.05) is 27.2 Å². The van der Waals surface area contributed by atoms with Crippen LogP contribution in [0.2, 0.25) is 0 Å². The zero-order chi connectivity index (χ0) is 53.5. The number of nitrogens with one attached hydrogen (secondary N) is 1. The number of unbranched alkanes of at least 4 members (excludes halogenated alkanes) is 27. The van der Waals surface area contributed by atoms with E-state index in [9.17, 15) is 19.4 Å². The molecular formula is C64H116N2O6P+. The van der Waals surface area contributed by atoms with Crippen molar-refractivity contribution in [1.29, 1.82) is 0 Å². The van der Waals surface area contributed by atoms with Crippen LogP contribution in [0, 0.1) is 0 Å². The first-order valence-corrected chi connectivity index (χ1v) is 31.6. The molecule has 0 fully saturated rings. The molecule has 73 heavy (non-hydrogen) atoms. The fourth-order valence-electron chi connectivity index (χ4n) is 8.38. The number of amides is 1. The van der Waals surface area contributed by atoms with Crippen molar-refractivity contribution in [3.05, 3.63) is 97.2 Å². The Kier molecular flexibility index (Phi) is 52.3. The van der Waals surface area contributed by atoms with E-state index in [0.29, 0.717) is 17.4 Å². The van der Waals surface area contributed by atoms with Gasteiger partial charge in [-0.05, 0) is 77.0 Å². The Bertz CT molecular complexity index is 1510. The number of carbonyl (C=O) groups excluding carboxylic acids is 1. The summed E-state index contributed by atoms with van der Waals surface area (Å²) in [6, 6.07) is -0.873. The summed E-state index contributed by atoms with van der Waals surface area (Å²) in [6.45, 7) is 4.69. The molecule has 0 aromatic carbocycles. The average molecular weight is 1040 g/mol. The molecule has 0 saturated carbocycles. The summed E-state index contributed by atoms with van der Waals surface area (Å²) < 4.78 is 23.7. The summed E-state index contributed by atoms with van der Waals surface area (Å²) in [5.41, 5.74) is 0. The average Bonchev–Trinajstić information content (AvgIpc) is 3.35. The molecular weight excluding hydrogens is 924 g/mol. The maximum atomic E-state index is 13.0. The van der Waals surface area contributed by atoms with Crippen molar-refractivity contribution in [2.75, 3.05) is 40.9 Å². The molecule has 0 bridgehead atoms. The fourth-order valence-corrected chi connectivity index (χ4v) is 9.11. The number of rotatable bonds is 54. The smallest absolute Gasteiger partial charge is 0.387 e. The number of quaternary nitrogens is 1. The monoisotopic (exact) mass is 1040 g/mol. The van der Waals surface area contributed by atoms with Gasteiger partial charge in [0.05, 0.1) is 39.9 Å². The first-order chi connectivity index (χ1) is 35.5. The third kappa shape index (κ3) is 57.0. The van der Waals surface area contributed by atoms with Gasteiger partial charge in [-0.1, -0.05) is 265 Å². The molecule has 0 heterocycles. The van der Waals surface area contributed by atoms with E-state index in [2.05, 4.69) is 104 Å². The lowest BCUT2D eigenvalue weighted by Gasteiger charge is -2.25. The Hall–Kier alpha value is -2.58. The van der Waals surface area contributed by atoms with E-state index in [4.69, 9.17) is 9.05 Å². The fraction of sp³-hybridized carbons (Fsp3) is 0.734. The van der Waals surface area contributed by atoms with Crippen LogP contribution in [-0.4, -0.2) is 73.4 Å². The number of aliphatic hydroxyl groups excluding tert-OH is 1. The van der Waals surface area contributed by atoms with Gasteiger partial charge in [0.15, 0.2) is 0 Å². The van der Waals surface area contributed by atoms with Gasteiger partial charge in [0, 0.05) is 6.42 Å². The standard InChI is InChI=1S/C64H115N2O6P/c1-6-8-10-12-14-16-18-20-22-24-26-28-30-32-34-35-37-39-41-43-45-47-49-51-53-55-57-63(67)62(61-72-73(69,70)71-60-59-66(3,4)5)65-64(68)58-56-54-52-50-48-46-44-42-40-38-36-33-31-29-27-25-23-21-19-17-15-13-11-9-7-2/h9,11,15,17,21,23,27,29,33,36,40,42,46,48,55,57,62-63,67H,6-8,10,12-14,16,18-20,22,24-26,28,30-32,34-35,37-39,41,43-45,47,49-54,56,58-61H2,1-5H3,(H-,65,68,69,70)/p+1/b11-9-,17-15-,23-21-,29-27-,36-33-,42-40-,48-46-,57-55+. The predicted octanol–water partition coefficient (Wildman–Crippen LogP) is 18.6. The number of hydrogen-bond acceptors (Lipinski definition) is 5. The lowest BCUT2D eigenvalue weighted by atomic mass is 10.0. The second kappa shape index (κ2) is 54.2. The van der Waals surface area contributed by atoms with Crippen LogP contribution < -0.4 is 5.32 Å². The first kappa shape index (κ1) is 70.4. The molecule has 0 rings (SSSR count). The van der Waals surface area contributed by atoms with Crippen LogP contribution in [0.5, 0.6) is 0 Å². The van der Waals surface area contributed by atoms with Gasteiger partial charge in [0.2, 0.25) is 5.91 Å². The Morgan fingerprint density at radius 2 is 0.822 bits per heavy atom. The van der Waals surface area contributed by atoms with Crippen molar-refractivity contribution in [2.45, 2.75) is 264 Å². The summed E-state index contributed by atoms with van der Waals surface area (Å²) in [5.74, 6) is -0.210. The van der Waals surface area contributed by atoms with Crippen LogP contribution in [-0.2, 0) is 18.4 Å². The molecule has 1 amide bonds. The lowest BCUT2D eigenvalue weighted by molar-refractivity contribution is -0.870. The summed E-state index contributed by atoms with van der Waals surface area (Å²) in [5, 5.41) is 13.9. The molecule has 8 nitrogen and oxygen atoms in total. The highest BCUT2D eigenvalue weighted by atomic mass is 31.2. The normalized spacial score (nSPS) is 14.6. The first-order valence-electron chi connectivity index (χ1n) is 30.1. The van der Waals surface area contributed by atoms with E-state index in [1.54, 1.807) is 6.08 Å². The third-order valence-corrected chi connectivity index (χ3v) is 14.0. The number of carbonyl (C=O) groups is 1. The highest BCUT2D eigenvalue weighted by Gasteiger charge is 2.27. The molecule has 422 valence electrons. The van der Waals surface area contributed by atoms with Gasteiger partial charge in [-0.25, -0.2) is 4.57 Å². The van der Waals surface area contributed by atoms with Crippen molar-refractivity contribution in [2.24, 2.45) is 0 Å². The SMILES string of the molecule is CC/C=C\C/C=C\C/C=C\C/C=C\C/C=C\C/C=C\C/C=C\CCCCCC(=O)NC(COP(=O)(O)OCC[N+](C)(C)C)C(O)/C=C/CCCCCCCCCCCCCCCCCCCCCCCCCC. The quantitative estimate of drug-likeness (QED) is 0.0243. The van der Waals surface area contributed by atoms with Crippen LogP contribution in [0.1, 0.15) is 251 Å². The zero-order valence-corrected chi connectivity index (χ0v) is 49.0. The molecule has 0 aliphatic rings. The topological polar surface area (TPSA) is 105 Å². The Labute approximate surface area is 451 Å². The summed E-state index contributed by atoms with van der Waals surface area (Å²) in [7, 11) is 1.54. The van der Waals surface area contributed by atoms with Crippen molar-refractivity contribution in [3.63, 3.8) is 0 Å². The zero-order valence-electron chi connectivity index (χ0n) is 48.1. The van der Waals surface area contributed by atoms with E-state index in [1.165, 1.54) is 141 Å². The molecule has 0 aliphatic heterocycles. The number of phosphoric ester groups is 1. The van der Waals surface area contributed by atoms with Crippen molar-refractivity contribution < 1.29 is 32.9 Å². The maximum Gasteiger partial charge on any atom is 0.472 e. The summed E-state index contributed by atoms with van der Waals surface area (Å²) >= 11 is 0. The van der Waals surface area contributed by atoms with Crippen LogP contribution >= 0.6 is 7.82 Å². The molecule has 3 atom stereocenters. The molecule has 0 spiro atoms. The molecule has 0 aliphatic carbocycles.